The molecule has 2 N–H and O–H groups in total. The van der Waals surface area contributed by atoms with Crippen LogP contribution in [0.4, 0.5) is 0 Å². The van der Waals surface area contributed by atoms with Gasteiger partial charge < -0.3 is 14.6 Å². The molecule has 1 rings (SSSR count). The second-order valence-corrected chi connectivity index (χ2v) is 3.89. The first kappa shape index (κ1) is 13.3. The van der Waals surface area contributed by atoms with Gasteiger partial charge in [-0.05, 0) is 25.0 Å². The fourth-order valence-corrected chi connectivity index (χ4v) is 1.55. The summed E-state index contributed by atoms with van der Waals surface area (Å²) in [6.07, 6.45) is 3.17. The molecule has 0 aliphatic heterocycles. The molecule has 0 aliphatic rings. The minimum Gasteiger partial charge on any atom is -0.481 e. The number of carboxylic acid groups (broad SMARTS) is 2. The topological polar surface area (TPSA) is 87.7 Å². The Kier molecular flexibility index (Phi) is 5.26. The first-order chi connectivity index (χ1) is 8.08. The zero-order valence-corrected chi connectivity index (χ0v) is 9.52. The molecule has 0 aliphatic carbocycles. The Labute approximate surface area is 99.1 Å². The minimum absolute atomic E-state index is 0.0982. The molecule has 0 fully saturated rings. The van der Waals surface area contributed by atoms with Gasteiger partial charge in [-0.1, -0.05) is 6.42 Å². The van der Waals surface area contributed by atoms with E-state index in [-0.39, 0.29) is 12.8 Å². The first-order valence-electron chi connectivity index (χ1n) is 5.59. The quantitative estimate of drug-likeness (QED) is 0.679. The van der Waals surface area contributed by atoms with Crippen molar-refractivity contribution in [2.24, 2.45) is 0 Å². The van der Waals surface area contributed by atoms with Crippen molar-refractivity contribution in [2.75, 3.05) is 0 Å². The van der Waals surface area contributed by atoms with E-state index >= 15 is 0 Å². The average molecular weight is 240 g/mol. The summed E-state index contributed by atoms with van der Waals surface area (Å²) in [4.78, 5) is 20.7. The van der Waals surface area contributed by atoms with Gasteiger partial charge in [-0.15, -0.1) is 0 Å². The van der Waals surface area contributed by atoms with Gasteiger partial charge in [0.2, 0.25) is 0 Å². The number of unbranched alkanes of at least 4 members (excludes halogenated alkanes) is 2. The predicted octanol–water partition coefficient (Wildman–Crippen LogP) is 2.09. The van der Waals surface area contributed by atoms with Gasteiger partial charge in [-0.25, -0.2) is 0 Å². The summed E-state index contributed by atoms with van der Waals surface area (Å²) >= 11 is 0. The molecular weight excluding hydrogens is 224 g/mol. The SMILES string of the molecule is O=C(O)CCCCCc1ccc(CC(=O)O)o1. The first-order valence-corrected chi connectivity index (χ1v) is 5.59. The Hall–Kier alpha value is -1.78. The van der Waals surface area contributed by atoms with Gasteiger partial charge >= 0.3 is 11.9 Å². The van der Waals surface area contributed by atoms with Crippen molar-refractivity contribution >= 4 is 11.9 Å². The van der Waals surface area contributed by atoms with E-state index in [2.05, 4.69) is 0 Å². The summed E-state index contributed by atoms with van der Waals surface area (Å²) in [5, 5.41) is 17.0. The van der Waals surface area contributed by atoms with Crippen LogP contribution < -0.4 is 0 Å². The summed E-state index contributed by atoms with van der Waals surface area (Å²) in [5.41, 5.74) is 0. The molecule has 94 valence electrons. The van der Waals surface area contributed by atoms with Crippen LogP contribution in [0.15, 0.2) is 16.5 Å². The lowest BCUT2D eigenvalue weighted by Crippen LogP contribution is -1.98. The summed E-state index contributed by atoms with van der Waals surface area (Å²) < 4.78 is 5.32. The average Bonchev–Trinajstić information content (AvgIpc) is 2.63. The van der Waals surface area contributed by atoms with Gasteiger partial charge in [0.05, 0.1) is 0 Å². The Morgan fingerprint density at radius 1 is 1.00 bits per heavy atom. The molecule has 1 heterocycles. The van der Waals surface area contributed by atoms with Gasteiger partial charge in [0.25, 0.3) is 0 Å². The maximum atomic E-state index is 10.4. The number of aryl methyl sites for hydroxylation is 1. The summed E-state index contributed by atoms with van der Waals surface area (Å²) in [6.45, 7) is 0. The van der Waals surface area contributed by atoms with E-state index in [1.54, 1.807) is 12.1 Å². The van der Waals surface area contributed by atoms with Crippen LogP contribution in [0.5, 0.6) is 0 Å². The van der Waals surface area contributed by atoms with Gasteiger partial charge in [-0.2, -0.15) is 0 Å². The number of furan rings is 1. The molecule has 0 bridgehead atoms. The molecule has 0 unspecified atom stereocenters. The maximum Gasteiger partial charge on any atom is 0.311 e. The number of hydrogen-bond acceptors (Lipinski definition) is 3. The molecule has 5 heteroatoms. The number of rotatable bonds is 8. The van der Waals surface area contributed by atoms with Crippen LogP contribution >= 0.6 is 0 Å². The molecule has 1 aromatic heterocycles. The highest BCUT2D eigenvalue weighted by Gasteiger charge is 2.06. The molecule has 0 saturated heterocycles. The fraction of sp³-hybridized carbons (Fsp3) is 0.500. The van der Waals surface area contributed by atoms with E-state index < -0.39 is 11.9 Å². The molecule has 5 nitrogen and oxygen atoms in total. The Balaban J connectivity index is 2.21. The van der Waals surface area contributed by atoms with Crippen molar-refractivity contribution in [3.63, 3.8) is 0 Å². The third-order valence-corrected chi connectivity index (χ3v) is 2.36. The zero-order chi connectivity index (χ0) is 12.7. The second-order valence-electron chi connectivity index (χ2n) is 3.89. The second kappa shape index (κ2) is 6.73. The molecule has 0 amide bonds. The van der Waals surface area contributed by atoms with Gasteiger partial charge in [0, 0.05) is 12.8 Å². The minimum atomic E-state index is -0.910. The van der Waals surface area contributed by atoms with Gasteiger partial charge in [0.1, 0.15) is 17.9 Å². The van der Waals surface area contributed by atoms with Crippen LogP contribution in [0.1, 0.15) is 37.2 Å². The normalized spacial score (nSPS) is 10.4. The molecule has 0 aromatic carbocycles. The van der Waals surface area contributed by atoms with Crippen molar-refractivity contribution in [3.8, 4) is 0 Å². The monoisotopic (exact) mass is 240 g/mol. The number of carbonyl (C=O) groups is 2. The van der Waals surface area contributed by atoms with Crippen LogP contribution in [0.25, 0.3) is 0 Å². The zero-order valence-electron chi connectivity index (χ0n) is 9.52. The van der Waals surface area contributed by atoms with Crippen molar-refractivity contribution < 1.29 is 24.2 Å². The number of aliphatic carboxylic acids is 2. The lowest BCUT2D eigenvalue weighted by Gasteiger charge is -1.97. The maximum absolute atomic E-state index is 10.4. The van der Waals surface area contributed by atoms with Crippen molar-refractivity contribution in [3.05, 3.63) is 23.7 Å². The van der Waals surface area contributed by atoms with Crippen molar-refractivity contribution in [2.45, 2.75) is 38.5 Å². The largest absolute Gasteiger partial charge is 0.481 e. The highest BCUT2D eigenvalue weighted by molar-refractivity contribution is 5.69. The highest BCUT2D eigenvalue weighted by atomic mass is 16.4. The number of carboxylic acids is 2. The van der Waals surface area contributed by atoms with Crippen LogP contribution in [-0.2, 0) is 22.4 Å². The fourth-order valence-electron chi connectivity index (χ4n) is 1.55. The molecule has 0 spiro atoms. The van der Waals surface area contributed by atoms with E-state index in [1.807, 2.05) is 0 Å². The van der Waals surface area contributed by atoms with Crippen molar-refractivity contribution in [1.82, 2.24) is 0 Å². The molecule has 17 heavy (non-hydrogen) atoms. The molecule has 0 radical (unpaired) electrons. The number of hydrogen-bond donors (Lipinski definition) is 2. The lowest BCUT2D eigenvalue weighted by atomic mass is 10.1. The van der Waals surface area contributed by atoms with E-state index in [0.717, 1.165) is 25.0 Å². The van der Waals surface area contributed by atoms with Crippen LogP contribution in [0.2, 0.25) is 0 Å². The Morgan fingerprint density at radius 2 is 1.71 bits per heavy atom. The summed E-state index contributed by atoms with van der Waals surface area (Å²) in [6, 6.07) is 3.44. The molecule has 0 atom stereocenters. The lowest BCUT2D eigenvalue weighted by molar-refractivity contribution is -0.137. The third-order valence-electron chi connectivity index (χ3n) is 2.36. The van der Waals surface area contributed by atoms with Crippen LogP contribution in [0.3, 0.4) is 0 Å². The smallest absolute Gasteiger partial charge is 0.311 e. The third kappa shape index (κ3) is 5.75. The molecule has 0 saturated carbocycles. The van der Waals surface area contributed by atoms with Crippen molar-refractivity contribution in [1.29, 1.82) is 0 Å². The van der Waals surface area contributed by atoms with E-state index in [9.17, 15) is 9.59 Å². The molecule has 1 aromatic rings. The summed E-state index contributed by atoms with van der Waals surface area (Å²) in [7, 11) is 0. The van der Waals surface area contributed by atoms with E-state index in [1.165, 1.54) is 0 Å². The van der Waals surface area contributed by atoms with Gasteiger partial charge in [0.15, 0.2) is 0 Å². The van der Waals surface area contributed by atoms with E-state index in [4.69, 9.17) is 14.6 Å². The molecular formula is C12H16O5. The van der Waals surface area contributed by atoms with Gasteiger partial charge in [-0.3, -0.25) is 9.59 Å². The van der Waals surface area contributed by atoms with Crippen LogP contribution in [-0.4, -0.2) is 22.2 Å². The Morgan fingerprint density at radius 3 is 2.35 bits per heavy atom. The highest BCUT2D eigenvalue weighted by Crippen LogP contribution is 2.12. The summed E-state index contributed by atoms with van der Waals surface area (Å²) in [5.74, 6) is -0.464. The standard InChI is InChI=1S/C12H16O5/c13-11(14)5-3-1-2-4-9-6-7-10(17-9)8-12(15)16/h6-7H,1-5,8H2,(H,13,14)(H,15,16). The Bertz CT molecular complexity index is 380. The van der Waals surface area contributed by atoms with E-state index in [0.29, 0.717) is 12.2 Å². The predicted molar refractivity (Wildman–Crippen MR) is 59.9 cm³/mol. The van der Waals surface area contributed by atoms with Crippen LogP contribution in [0, 0.1) is 0 Å².